The van der Waals surface area contributed by atoms with Crippen LogP contribution in [0.25, 0.3) is 4.96 Å². The molecule has 18 heavy (non-hydrogen) atoms. The Morgan fingerprint density at radius 1 is 1.44 bits per heavy atom. The first-order valence-electron chi connectivity index (χ1n) is 5.96. The van der Waals surface area contributed by atoms with Crippen LogP contribution in [0.15, 0.2) is 12.4 Å². The summed E-state index contributed by atoms with van der Waals surface area (Å²) in [4.78, 5) is 6.66. The van der Waals surface area contributed by atoms with E-state index in [1.807, 2.05) is 6.20 Å². The lowest BCUT2D eigenvalue weighted by Gasteiger charge is -2.35. The Labute approximate surface area is 127 Å². The van der Waals surface area contributed by atoms with Crippen LogP contribution >= 0.6 is 33.9 Å². The predicted octanol–water partition coefficient (Wildman–Crippen LogP) is 4.52. The van der Waals surface area contributed by atoms with Gasteiger partial charge in [-0.3, -0.25) is 4.40 Å². The van der Waals surface area contributed by atoms with Crippen molar-refractivity contribution in [3.05, 3.63) is 21.0 Å². The molecule has 0 aliphatic rings. The summed E-state index contributed by atoms with van der Waals surface area (Å²) < 4.78 is 9.50. The van der Waals surface area contributed by atoms with E-state index in [1.165, 1.54) is 4.88 Å². The minimum absolute atomic E-state index is 0.263. The molecule has 0 saturated heterocycles. The highest BCUT2D eigenvalue weighted by molar-refractivity contribution is 14.1. The van der Waals surface area contributed by atoms with E-state index in [0.717, 1.165) is 8.66 Å². The molecule has 0 spiro atoms. The van der Waals surface area contributed by atoms with E-state index in [2.05, 4.69) is 72.0 Å². The lowest BCUT2D eigenvalue weighted by atomic mass is 10.2. The largest absolute Gasteiger partial charge is 0.412 e. The van der Waals surface area contributed by atoms with Gasteiger partial charge in [0.15, 0.2) is 13.3 Å². The van der Waals surface area contributed by atoms with Gasteiger partial charge in [0, 0.05) is 11.1 Å². The second kappa shape index (κ2) is 4.88. The van der Waals surface area contributed by atoms with Crippen molar-refractivity contribution < 1.29 is 4.43 Å². The first-order chi connectivity index (χ1) is 8.21. The van der Waals surface area contributed by atoms with Gasteiger partial charge in [-0.05, 0) is 40.7 Å². The Kier molecular flexibility index (Phi) is 3.93. The SMILES string of the molecule is CC(C)(C)[Si](C)(C)OCc1cn2c(I)cnc2s1. The molecule has 0 aliphatic heterocycles. The molecule has 0 unspecified atom stereocenters. The molecule has 0 fully saturated rings. The summed E-state index contributed by atoms with van der Waals surface area (Å²) >= 11 is 4.01. The monoisotopic (exact) mass is 394 g/mol. The van der Waals surface area contributed by atoms with Gasteiger partial charge < -0.3 is 4.43 Å². The maximum atomic E-state index is 6.22. The fourth-order valence-corrected chi connectivity index (χ4v) is 3.93. The van der Waals surface area contributed by atoms with Crippen LogP contribution in [-0.2, 0) is 11.0 Å². The standard InChI is InChI=1S/C12H19IN2OSSi/c1-12(2,3)18(4,5)16-8-9-7-15-10(13)6-14-11(15)17-9/h6-7H,8H2,1-5H3. The number of thiazole rings is 1. The number of rotatable bonds is 3. The summed E-state index contributed by atoms with van der Waals surface area (Å²) in [5, 5.41) is 0.263. The predicted molar refractivity (Wildman–Crippen MR) is 87.8 cm³/mol. The summed E-state index contributed by atoms with van der Waals surface area (Å²) in [6.45, 7) is 12.1. The third-order valence-electron chi connectivity index (χ3n) is 3.59. The average molecular weight is 394 g/mol. The molecule has 0 amide bonds. The van der Waals surface area contributed by atoms with Gasteiger partial charge >= 0.3 is 0 Å². The van der Waals surface area contributed by atoms with E-state index in [1.54, 1.807) is 11.3 Å². The topological polar surface area (TPSA) is 26.5 Å². The van der Waals surface area contributed by atoms with E-state index < -0.39 is 8.32 Å². The van der Waals surface area contributed by atoms with Crippen LogP contribution in [0, 0.1) is 3.70 Å². The summed E-state index contributed by atoms with van der Waals surface area (Å²) in [6.07, 6.45) is 4.03. The molecule has 2 rings (SSSR count). The quantitative estimate of drug-likeness (QED) is 0.565. The van der Waals surface area contributed by atoms with Crippen molar-refractivity contribution in [3.8, 4) is 0 Å². The molecule has 0 aliphatic carbocycles. The highest BCUT2D eigenvalue weighted by Gasteiger charge is 2.37. The van der Waals surface area contributed by atoms with Crippen LogP contribution in [0.5, 0.6) is 0 Å². The fourth-order valence-electron chi connectivity index (χ4n) is 1.34. The number of fused-ring (bicyclic) bond motifs is 1. The van der Waals surface area contributed by atoms with Gasteiger partial charge in [0.05, 0.1) is 12.8 Å². The number of hydrogen-bond donors (Lipinski definition) is 0. The zero-order valence-electron chi connectivity index (χ0n) is 11.5. The van der Waals surface area contributed by atoms with E-state index >= 15 is 0 Å². The third-order valence-corrected chi connectivity index (χ3v) is 9.84. The molecule has 0 saturated carbocycles. The molecule has 0 N–H and O–H groups in total. The maximum absolute atomic E-state index is 6.22. The van der Waals surface area contributed by atoms with Crippen molar-refractivity contribution >= 4 is 47.2 Å². The van der Waals surface area contributed by atoms with Crippen molar-refractivity contribution in [1.29, 1.82) is 0 Å². The van der Waals surface area contributed by atoms with Crippen molar-refractivity contribution in [1.82, 2.24) is 9.38 Å². The second-order valence-corrected chi connectivity index (χ2v) is 13.0. The highest BCUT2D eigenvalue weighted by Crippen LogP contribution is 2.37. The van der Waals surface area contributed by atoms with Gasteiger partial charge in [-0.1, -0.05) is 32.1 Å². The molecule has 100 valence electrons. The van der Waals surface area contributed by atoms with Crippen LogP contribution < -0.4 is 0 Å². The Morgan fingerprint density at radius 3 is 2.67 bits per heavy atom. The van der Waals surface area contributed by atoms with Gasteiger partial charge in [0.2, 0.25) is 0 Å². The zero-order chi connectivity index (χ0) is 13.6. The summed E-state index contributed by atoms with van der Waals surface area (Å²) in [7, 11) is -1.65. The third kappa shape index (κ3) is 2.81. The Balaban J connectivity index is 2.11. The van der Waals surface area contributed by atoms with Crippen LogP contribution in [0.3, 0.4) is 0 Å². The number of aromatic nitrogens is 2. The Hall–Kier alpha value is 0.0769. The first kappa shape index (κ1) is 14.5. The molecule has 2 aromatic heterocycles. The van der Waals surface area contributed by atoms with Gasteiger partial charge in [-0.2, -0.15) is 0 Å². The van der Waals surface area contributed by atoms with Gasteiger partial charge in [0.1, 0.15) is 3.70 Å². The van der Waals surface area contributed by atoms with Crippen molar-refractivity contribution in [2.24, 2.45) is 0 Å². The van der Waals surface area contributed by atoms with E-state index in [-0.39, 0.29) is 5.04 Å². The first-order valence-corrected chi connectivity index (χ1v) is 10.8. The van der Waals surface area contributed by atoms with Crippen LogP contribution in [0.2, 0.25) is 18.1 Å². The molecule has 2 aromatic rings. The molecule has 3 nitrogen and oxygen atoms in total. The van der Waals surface area contributed by atoms with E-state index in [9.17, 15) is 0 Å². The number of hydrogen-bond acceptors (Lipinski definition) is 3. The number of halogens is 1. The average Bonchev–Trinajstić information content (AvgIpc) is 2.77. The second-order valence-electron chi connectivity index (χ2n) is 5.98. The maximum Gasteiger partial charge on any atom is 0.194 e. The van der Waals surface area contributed by atoms with Crippen LogP contribution in [-0.4, -0.2) is 17.7 Å². The fraction of sp³-hybridized carbons (Fsp3) is 0.583. The molecule has 0 bridgehead atoms. The molecular formula is C12H19IN2OSSi. The molecule has 0 aromatic carbocycles. The minimum atomic E-state index is -1.65. The summed E-state index contributed by atoms with van der Waals surface area (Å²) in [5.74, 6) is 0. The smallest absolute Gasteiger partial charge is 0.194 e. The Morgan fingerprint density at radius 2 is 2.11 bits per heavy atom. The van der Waals surface area contributed by atoms with Gasteiger partial charge in [0.25, 0.3) is 0 Å². The van der Waals surface area contributed by atoms with Crippen molar-refractivity contribution in [2.75, 3.05) is 0 Å². The van der Waals surface area contributed by atoms with E-state index in [4.69, 9.17) is 4.43 Å². The normalized spacial score (nSPS) is 13.4. The van der Waals surface area contributed by atoms with Crippen molar-refractivity contribution in [3.63, 3.8) is 0 Å². The molecular weight excluding hydrogens is 375 g/mol. The van der Waals surface area contributed by atoms with Gasteiger partial charge in [-0.15, -0.1) is 0 Å². The molecule has 6 heteroatoms. The van der Waals surface area contributed by atoms with Gasteiger partial charge in [-0.25, -0.2) is 4.98 Å². The number of nitrogens with zero attached hydrogens (tertiary/aromatic N) is 2. The van der Waals surface area contributed by atoms with E-state index in [0.29, 0.717) is 6.61 Å². The lowest BCUT2D eigenvalue weighted by Crippen LogP contribution is -2.40. The number of imidazole rings is 1. The minimum Gasteiger partial charge on any atom is -0.412 e. The van der Waals surface area contributed by atoms with Crippen LogP contribution in [0.4, 0.5) is 0 Å². The molecule has 0 radical (unpaired) electrons. The highest BCUT2D eigenvalue weighted by atomic mass is 127. The lowest BCUT2D eigenvalue weighted by molar-refractivity contribution is 0.279. The summed E-state index contributed by atoms with van der Waals surface area (Å²) in [6, 6.07) is 0. The molecule has 0 atom stereocenters. The van der Waals surface area contributed by atoms with Crippen molar-refractivity contribution in [2.45, 2.75) is 45.5 Å². The van der Waals surface area contributed by atoms with Crippen LogP contribution in [0.1, 0.15) is 25.6 Å². The Bertz CT molecular complexity index is 556. The molecule has 2 heterocycles. The zero-order valence-corrected chi connectivity index (χ0v) is 15.4. The summed E-state index contributed by atoms with van der Waals surface area (Å²) in [5.41, 5.74) is 0.